The van der Waals surface area contributed by atoms with Crippen molar-refractivity contribution < 1.29 is 9.47 Å². The summed E-state index contributed by atoms with van der Waals surface area (Å²) in [6.45, 7) is 6.25. The lowest BCUT2D eigenvalue weighted by atomic mass is 10.1. The standard InChI is InChI=1S/C19H24N8O2/c1-12-14(10-21-18(20)23-12)16-15-11-22-27(13-2-6-28-7-3-13)17(15)25-19(24-16)26-4-8-29-9-5-26/h10-11,13H,2-9H2,1H3,(H2,20,21,23). The minimum Gasteiger partial charge on any atom is -0.381 e. The van der Waals surface area contributed by atoms with Crippen LogP contribution in [-0.2, 0) is 9.47 Å². The molecule has 3 aromatic heterocycles. The maximum atomic E-state index is 5.76. The first-order valence-corrected chi connectivity index (χ1v) is 9.96. The smallest absolute Gasteiger partial charge is 0.228 e. The Morgan fingerprint density at radius 2 is 1.76 bits per heavy atom. The predicted molar refractivity (Wildman–Crippen MR) is 108 cm³/mol. The Morgan fingerprint density at radius 3 is 2.52 bits per heavy atom. The van der Waals surface area contributed by atoms with E-state index in [-0.39, 0.29) is 12.0 Å². The molecule has 152 valence electrons. The zero-order valence-corrected chi connectivity index (χ0v) is 16.4. The largest absolute Gasteiger partial charge is 0.381 e. The van der Waals surface area contributed by atoms with Gasteiger partial charge in [0.05, 0.1) is 42.2 Å². The third kappa shape index (κ3) is 3.38. The number of hydrogen-bond donors (Lipinski definition) is 1. The van der Waals surface area contributed by atoms with E-state index in [4.69, 9.17) is 25.2 Å². The normalized spacial score (nSPS) is 18.4. The highest BCUT2D eigenvalue weighted by Crippen LogP contribution is 2.32. The topological polar surface area (TPSA) is 117 Å². The molecule has 2 aliphatic heterocycles. The van der Waals surface area contributed by atoms with Crippen LogP contribution in [0.1, 0.15) is 24.6 Å². The summed E-state index contributed by atoms with van der Waals surface area (Å²) in [5.74, 6) is 0.934. The van der Waals surface area contributed by atoms with Gasteiger partial charge in [-0.15, -0.1) is 0 Å². The highest BCUT2D eigenvalue weighted by atomic mass is 16.5. The summed E-state index contributed by atoms with van der Waals surface area (Å²) in [7, 11) is 0. The third-order valence-electron chi connectivity index (χ3n) is 5.53. The molecule has 29 heavy (non-hydrogen) atoms. The molecule has 2 N–H and O–H groups in total. The SMILES string of the molecule is Cc1nc(N)ncc1-c1nc(N2CCOCC2)nc2c1cnn2C1CCOCC1. The van der Waals surface area contributed by atoms with E-state index in [9.17, 15) is 0 Å². The molecule has 0 spiro atoms. The lowest BCUT2D eigenvalue weighted by Crippen LogP contribution is -2.37. The van der Waals surface area contributed by atoms with Crippen molar-refractivity contribution in [3.63, 3.8) is 0 Å². The van der Waals surface area contributed by atoms with E-state index in [1.165, 1.54) is 0 Å². The first-order chi connectivity index (χ1) is 14.2. The van der Waals surface area contributed by atoms with Crippen molar-refractivity contribution >= 4 is 22.9 Å². The van der Waals surface area contributed by atoms with Crippen LogP contribution in [0.25, 0.3) is 22.3 Å². The average Bonchev–Trinajstić information content (AvgIpc) is 3.19. The summed E-state index contributed by atoms with van der Waals surface area (Å²) < 4.78 is 13.0. The van der Waals surface area contributed by atoms with Crippen molar-refractivity contribution in [1.29, 1.82) is 0 Å². The summed E-state index contributed by atoms with van der Waals surface area (Å²) in [6.07, 6.45) is 5.42. The molecule has 2 saturated heterocycles. The van der Waals surface area contributed by atoms with Crippen LogP contribution in [0.2, 0.25) is 0 Å². The molecule has 5 heterocycles. The number of aryl methyl sites for hydroxylation is 1. The molecule has 0 aliphatic carbocycles. The van der Waals surface area contributed by atoms with Crippen LogP contribution in [0, 0.1) is 6.92 Å². The Labute approximate surface area is 168 Å². The lowest BCUT2D eigenvalue weighted by Gasteiger charge is -2.27. The Hall–Kier alpha value is -2.85. The molecule has 0 radical (unpaired) electrons. The number of rotatable bonds is 3. The number of nitrogens with zero attached hydrogens (tertiary/aromatic N) is 7. The van der Waals surface area contributed by atoms with Gasteiger partial charge in [-0.1, -0.05) is 0 Å². The van der Waals surface area contributed by atoms with E-state index >= 15 is 0 Å². The van der Waals surface area contributed by atoms with E-state index in [0.29, 0.717) is 19.2 Å². The maximum Gasteiger partial charge on any atom is 0.228 e. The van der Waals surface area contributed by atoms with E-state index in [0.717, 1.165) is 67.1 Å². The number of aromatic nitrogens is 6. The highest BCUT2D eigenvalue weighted by molar-refractivity contribution is 5.91. The molecular formula is C19H24N8O2. The number of fused-ring (bicyclic) bond motifs is 1. The van der Waals surface area contributed by atoms with Crippen molar-refractivity contribution in [1.82, 2.24) is 29.7 Å². The summed E-state index contributed by atoms with van der Waals surface area (Å²) in [5.41, 5.74) is 9.00. The third-order valence-corrected chi connectivity index (χ3v) is 5.53. The van der Waals surface area contributed by atoms with Crippen molar-refractivity contribution in [2.75, 3.05) is 50.2 Å². The predicted octanol–water partition coefficient (Wildman–Crippen LogP) is 1.36. The quantitative estimate of drug-likeness (QED) is 0.700. The highest BCUT2D eigenvalue weighted by Gasteiger charge is 2.24. The minimum absolute atomic E-state index is 0.253. The van der Waals surface area contributed by atoms with Crippen LogP contribution >= 0.6 is 0 Å². The molecule has 2 fully saturated rings. The lowest BCUT2D eigenvalue weighted by molar-refractivity contribution is 0.0673. The van der Waals surface area contributed by atoms with Gasteiger partial charge < -0.3 is 20.1 Å². The van der Waals surface area contributed by atoms with Gasteiger partial charge in [-0.3, -0.25) is 0 Å². The molecule has 3 aromatic rings. The van der Waals surface area contributed by atoms with Crippen LogP contribution in [0.3, 0.4) is 0 Å². The van der Waals surface area contributed by atoms with Crippen LogP contribution < -0.4 is 10.6 Å². The molecule has 0 bridgehead atoms. The van der Waals surface area contributed by atoms with Gasteiger partial charge >= 0.3 is 0 Å². The van der Waals surface area contributed by atoms with Crippen LogP contribution in [0.4, 0.5) is 11.9 Å². The van der Waals surface area contributed by atoms with Crippen LogP contribution in [0.5, 0.6) is 0 Å². The van der Waals surface area contributed by atoms with E-state index in [1.807, 2.05) is 17.8 Å². The fourth-order valence-corrected chi connectivity index (χ4v) is 3.94. The van der Waals surface area contributed by atoms with Gasteiger partial charge in [0.15, 0.2) is 5.65 Å². The maximum absolute atomic E-state index is 5.76. The van der Waals surface area contributed by atoms with Gasteiger partial charge in [0.2, 0.25) is 11.9 Å². The number of nitrogen functional groups attached to an aromatic ring is 1. The van der Waals surface area contributed by atoms with E-state index in [1.54, 1.807) is 6.20 Å². The van der Waals surface area contributed by atoms with E-state index in [2.05, 4.69) is 20.0 Å². The molecule has 0 unspecified atom stereocenters. The zero-order valence-electron chi connectivity index (χ0n) is 16.4. The Balaban J connectivity index is 1.68. The monoisotopic (exact) mass is 396 g/mol. The van der Waals surface area contributed by atoms with Crippen molar-refractivity contribution in [3.05, 3.63) is 18.1 Å². The van der Waals surface area contributed by atoms with Gasteiger partial charge in [0, 0.05) is 38.1 Å². The van der Waals surface area contributed by atoms with Gasteiger partial charge in [-0.05, 0) is 19.8 Å². The van der Waals surface area contributed by atoms with Gasteiger partial charge in [0.25, 0.3) is 0 Å². The first-order valence-electron chi connectivity index (χ1n) is 9.96. The summed E-state index contributed by atoms with van der Waals surface area (Å²) >= 11 is 0. The van der Waals surface area contributed by atoms with Crippen LogP contribution in [-0.4, -0.2) is 69.2 Å². The molecule has 0 aromatic carbocycles. The van der Waals surface area contributed by atoms with Gasteiger partial charge in [0.1, 0.15) is 0 Å². The van der Waals surface area contributed by atoms with Crippen molar-refractivity contribution in [2.45, 2.75) is 25.8 Å². The first kappa shape index (κ1) is 18.2. The molecule has 0 amide bonds. The van der Waals surface area contributed by atoms with Crippen molar-refractivity contribution in [2.24, 2.45) is 0 Å². The number of morpholine rings is 1. The second kappa shape index (κ2) is 7.53. The second-order valence-electron chi connectivity index (χ2n) is 7.37. The fraction of sp³-hybridized carbons (Fsp3) is 0.526. The van der Waals surface area contributed by atoms with Crippen LogP contribution in [0.15, 0.2) is 12.4 Å². The fourth-order valence-electron chi connectivity index (χ4n) is 3.94. The number of nitrogens with two attached hydrogens (primary N) is 1. The summed E-state index contributed by atoms with van der Waals surface area (Å²) in [4.78, 5) is 20.5. The van der Waals surface area contributed by atoms with Gasteiger partial charge in [-0.2, -0.15) is 10.1 Å². The summed E-state index contributed by atoms with van der Waals surface area (Å²) in [5, 5.41) is 5.58. The number of anilines is 2. The Bertz CT molecular complexity index is 1020. The zero-order chi connectivity index (χ0) is 19.8. The molecule has 2 aliphatic rings. The molecule has 10 nitrogen and oxygen atoms in total. The van der Waals surface area contributed by atoms with E-state index < -0.39 is 0 Å². The van der Waals surface area contributed by atoms with Crippen molar-refractivity contribution in [3.8, 4) is 11.3 Å². The minimum atomic E-state index is 0.253. The van der Waals surface area contributed by atoms with Gasteiger partial charge in [-0.25, -0.2) is 19.6 Å². The Kier molecular flexibility index (Phi) is 4.72. The Morgan fingerprint density at radius 1 is 1.00 bits per heavy atom. The molecular weight excluding hydrogens is 372 g/mol. The average molecular weight is 396 g/mol. The molecule has 10 heteroatoms. The number of hydrogen-bond acceptors (Lipinski definition) is 9. The summed E-state index contributed by atoms with van der Waals surface area (Å²) in [6, 6.07) is 0.269. The number of ether oxygens (including phenoxy) is 2. The second-order valence-corrected chi connectivity index (χ2v) is 7.37. The molecule has 5 rings (SSSR count). The molecule has 0 saturated carbocycles. The molecule has 0 atom stereocenters.